The van der Waals surface area contributed by atoms with Crippen molar-refractivity contribution < 1.29 is 4.79 Å². The van der Waals surface area contributed by atoms with E-state index in [1.54, 1.807) is 42.6 Å². The highest BCUT2D eigenvalue weighted by Gasteiger charge is 2.10. The Labute approximate surface area is 169 Å². The van der Waals surface area contributed by atoms with Gasteiger partial charge >= 0.3 is 0 Å². The highest BCUT2D eigenvalue weighted by atomic mass is 16.2. The van der Waals surface area contributed by atoms with Gasteiger partial charge in [-0.15, -0.1) is 5.10 Å². The standard InChI is InChI=1S/C21H15N7O2/c29-19(13-28-20(30)16-4-1-2-5-17(16)25-26-28)23-15-8-6-14(7-9-15)18-12-27-11-3-10-22-21(27)24-18/h1-12H,13H2,(H,23,29). The van der Waals surface area contributed by atoms with Crippen molar-refractivity contribution in [3.63, 3.8) is 0 Å². The Balaban J connectivity index is 1.32. The van der Waals surface area contributed by atoms with Crippen LogP contribution in [0.3, 0.4) is 0 Å². The number of nitrogens with zero attached hydrogens (tertiary/aromatic N) is 6. The predicted molar refractivity (Wildman–Crippen MR) is 111 cm³/mol. The highest BCUT2D eigenvalue weighted by molar-refractivity contribution is 5.91. The second-order valence-electron chi connectivity index (χ2n) is 6.65. The van der Waals surface area contributed by atoms with Crippen molar-refractivity contribution in [2.24, 2.45) is 0 Å². The molecule has 146 valence electrons. The summed E-state index contributed by atoms with van der Waals surface area (Å²) in [5, 5.41) is 11.0. The van der Waals surface area contributed by atoms with Gasteiger partial charge in [-0.05, 0) is 30.3 Å². The molecule has 9 heteroatoms. The molecule has 3 heterocycles. The number of aromatic nitrogens is 6. The van der Waals surface area contributed by atoms with Crippen LogP contribution in [0.2, 0.25) is 0 Å². The van der Waals surface area contributed by atoms with Gasteiger partial charge in [-0.3, -0.25) is 14.0 Å². The van der Waals surface area contributed by atoms with E-state index in [-0.39, 0.29) is 18.0 Å². The van der Waals surface area contributed by atoms with Crippen LogP contribution in [-0.4, -0.2) is 35.3 Å². The molecule has 0 fully saturated rings. The lowest BCUT2D eigenvalue weighted by Crippen LogP contribution is -2.30. The second-order valence-corrected chi connectivity index (χ2v) is 6.65. The first-order valence-corrected chi connectivity index (χ1v) is 9.20. The molecule has 5 aromatic rings. The van der Waals surface area contributed by atoms with Gasteiger partial charge in [0.15, 0.2) is 0 Å². The summed E-state index contributed by atoms with van der Waals surface area (Å²) in [6.07, 6.45) is 5.46. The van der Waals surface area contributed by atoms with Crippen molar-refractivity contribution in [3.8, 4) is 11.3 Å². The maximum absolute atomic E-state index is 12.5. The van der Waals surface area contributed by atoms with Crippen molar-refractivity contribution in [2.75, 3.05) is 5.32 Å². The fourth-order valence-electron chi connectivity index (χ4n) is 3.16. The van der Waals surface area contributed by atoms with E-state index >= 15 is 0 Å². The second kappa shape index (κ2) is 7.21. The lowest BCUT2D eigenvalue weighted by Gasteiger charge is -2.07. The molecule has 3 aromatic heterocycles. The van der Waals surface area contributed by atoms with Crippen LogP contribution in [0.15, 0.2) is 78.0 Å². The number of anilines is 1. The quantitative estimate of drug-likeness (QED) is 0.498. The number of amides is 1. The number of rotatable bonds is 4. The maximum atomic E-state index is 12.5. The van der Waals surface area contributed by atoms with Gasteiger partial charge in [-0.2, -0.15) is 0 Å². The van der Waals surface area contributed by atoms with Gasteiger partial charge in [0.1, 0.15) is 12.1 Å². The lowest BCUT2D eigenvalue weighted by atomic mass is 10.1. The smallest absolute Gasteiger partial charge is 0.278 e. The van der Waals surface area contributed by atoms with Gasteiger partial charge in [-0.1, -0.05) is 29.5 Å². The SMILES string of the molecule is O=C(Cn1nnc2ccccc2c1=O)Nc1ccc(-c2cn3cccnc3n2)cc1. The van der Waals surface area contributed by atoms with E-state index < -0.39 is 0 Å². The van der Waals surface area contributed by atoms with E-state index in [0.717, 1.165) is 15.9 Å². The van der Waals surface area contributed by atoms with Crippen molar-refractivity contribution in [1.29, 1.82) is 0 Å². The molecule has 9 nitrogen and oxygen atoms in total. The van der Waals surface area contributed by atoms with Crippen LogP contribution >= 0.6 is 0 Å². The van der Waals surface area contributed by atoms with E-state index in [9.17, 15) is 9.59 Å². The van der Waals surface area contributed by atoms with Crippen molar-refractivity contribution in [1.82, 2.24) is 29.4 Å². The normalized spacial score (nSPS) is 11.1. The molecule has 0 aliphatic rings. The number of hydrogen-bond acceptors (Lipinski definition) is 6. The maximum Gasteiger partial charge on any atom is 0.278 e. The van der Waals surface area contributed by atoms with Crippen LogP contribution in [0.25, 0.3) is 27.9 Å². The van der Waals surface area contributed by atoms with Crippen LogP contribution in [-0.2, 0) is 11.3 Å². The number of hydrogen-bond donors (Lipinski definition) is 1. The lowest BCUT2D eigenvalue weighted by molar-refractivity contribution is -0.117. The summed E-state index contributed by atoms with van der Waals surface area (Å²) in [5.74, 6) is 0.248. The molecule has 5 rings (SSSR count). The highest BCUT2D eigenvalue weighted by Crippen LogP contribution is 2.20. The van der Waals surface area contributed by atoms with Gasteiger partial charge in [0.05, 0.1) is 11.1 Å². The molecule has 0 atom stereocenters. The first-order valence-electron chi connectivity index (χ1n) is 9.20. The average Bonchev–Trinajstić information content (AvgIpc) is 3.21. The average molecular weight is 397 g/mol. The van der Waals surface area contributed by atoms with E-state index in [2.05, 4.69) is 25.6 Å². The summed E-state index contributed by atoms with van der Waals surface area (Å²) >= 11 is 0. The van der Waals surface area contributed by atoms with E-state index in [0.29, 0.717) is 22.4 Å². The van der Waals surface area contributed by atoms with E-state index in [4.69, 9.17) is 0 Å². The fraction of sp³-hybridized carbons (Fsp3) is 0.0476. The third kappa shape index (κ3) is 3.28. The monoisotopic (exact) mass is 397 g/mol. The van der Waals surface area contributed by atoms with Gasteiger partial charge < -0.3 is 5.32 Å². The summed E-state index contributed by atoms with van der Waals surface area (Å²) in [5.41, 5.74) is 2.43. The molecule has 0 aliphatic heterocycles. The first-order chi connectivity index (χ1) is 14.7. The van der Waals surface area contributed by atoms with Crippen LogP contribution in [0.5, 0.6) is 0 Å². The minimum atomic E-state index is -0.369. The Morgan fingerprint density at radius 3 is 2.70 bits per heavy atom. The zero-order valence-corrected chi connectivity index (χ0v) is 15.6. The molecule has 0 unspecified atom stereocenters. The van der Waals surface area contributed by atoms with E-state index in [1.807, 2.05) is 35.0 Å². The fourth-order valence-corrected chi connectivity index (χ4v) is 3.16. The molecule has 1 amide bonds. The minimum Gasteiger partial charge on any atom is -0.324 e. The van der Waals surface area contributed by atoms with Crippen molar-refractivity contribution >= 4 is 28.3 Å². The van der Waals surface area contributed by atoms with Crippen molar-refractivity contribution in [3.05, 3.63) is 83.5 Å². The van der Waals surface area contributed by atoms with Gasteiger partial charge in [0, 0.05) is 29.8 Å². The Morgan fingerprint density at radius 1 is 1.03 bits per heavy atom. The summed E-state index contributed by atoms with van der Waals surface area (Å²) in [6, 6.07) is 16.0. The van der Waals surface area contributed by atoms with Gasteiger partial charge in [0.2, 0.25) is 11.7 Å². The zero-order chi connectivity index (χ0) is 20.5. The molecule has 30 heavy (non-hydrogen) atoms. The van der Waals surface area contributed by atoms with Gasteiger partial charge in [0.25, 0.3) is 5.56 Å². The number of carbonyl (C=O) groups excluding carboxylic acids is 1. The molecule has 2 aromatic carbocycles. The Kier molecular flexibility index (Phi) is 4.25. The molecule has 0 saturated carbocycles. The van der Waals surface area contributed by atoms with E-state index in [1.165, 1.54) is 0 Å². The minimum absolute atomic E-state index is 0.226. The molecule has 0 spiro atoms. The number of carbonyl (C=O) groups is 1. The number of imidazole rings is 1. The Hall–Kier alpha value is -4.40. The topological polar surface area (TPSA) is 107 Å². The largest absolute Gasteiger partial charge is 0.324 e. The molecule has 1 N–H and O–H groups in total. The predicted octanol–water partition coefficient (Wildman–Crippen LogP) is 2.14. The number of fused-ring (bicyclic) bond motifs is 2. The molecule has 0 bridgehead atoms. The van der Waals surface area contributed by atoms with Crippen LogP contribution in [0.4, 0.5) is 5.69 Å². The molecular weight excluding hydrogens is 382 g/mol. The summed E-state index contributed by atoms with van der Waals surface area (Å²) in [4.78, 5) is 33.5. The third-order valence-corrected chi connectivity index (χ3v) is 4.62. The Bertz CT molecular complexity index is 1400. The first kappa shape index (κ1) is 17.7. The van der Waals surface area contributed by atoms with Crippen LogP contribution in [0.1, 0.15) is 0 Å². The molecular formula is C21H15N7O2. The molecule has 0 aliphatic carbocycles. The van der Waals surface area contributed by atoms with Crippen molar-refractivity contribution in [2.45, 2.75) is 6.54 Å². The summed E-state index contributed by atoms with van der Waals surface area (Å²) in [6.45, 7) is -0.226. The summed E-state index contributed by atoms with van der Waals surface area (Å²) < 4.78 is 2.89. The third-order valence-electron chi connectivity index (χ3n) is 4.62. The molecule has 0 saturated heterocycles. The number of benzene rings is 2. The van der Waals surface area contributed by atoms with Crippen LogP contribution < -0.4 is 10.9 Å². The zero-order valence-electron chi connectivity index (χ0n) is 15.6. The Morgan fingerprint density at radius 2 is 1.87 bits per heavy atom. The molecule has 0 radical (unpaired) electrons. The number of nitrogens with one attached hydrogen (secondary N) is 1. The summed E-state index contributed by atoms with van der Waals surface area (Å²) in [7, 11) is 0. The van der Waals surface area contributed by atoms with Crippen LogP contribution in [0, 0.1) is 0 Å². The van der Waals surface area contributed by atoms with Gasteiger partial charge in [-0.25, -0.2) is 14.6 Å².